The summed E-state index contributed by atoms with van der Waals surface area (Å²) in [6.07, 6.45) is 1.52. The van der Waals surface area contributed by atoms with E-state index >= 15 is 0 Å². The molecule has 3 aromatic carbocycles. The maximum Gasteiger partial charge on any atom is 0.336 e. The van der Waals surface area contributed by atoms with Crippen molar-refractivity contribution in [1.29, 1.82) is 0 Å². The van der Waals surface area contributed by atoms with Crippen molar-refractivity contribution >= 4 is 40.8 Å². The molecule has 2 heterocycles. The molecule has 164 valence electrons. The van der Waals surface area contributed by atoms with Crippen LogP contribution >= 0.6 is 23.2 Å². The summed E-state index contributed by atoms with van der Waals surface area (Å²) in [5.41, 5.74) is 3.39. The van der Waals surface area contributed by atoms with E-state index in [1.54, 1.807) is 41.1 Å². The fraction of sp³-hybridized carbons (Fsp3) is 0.0400. The Balaban J connectivity index is 1.66. The monoisotopic (exact) mass is 478 g/mol. The second kappa shape index (κ2) is 8.65. The van der Waals surface area contributed by atoms with Crippen LogP contribution < -0.4 is 9.47 Å². The zero-order valence-electron chi connectivity index (χ0n) is 17.0. The molecule has 0 saturated heterocycles. The summed E-state index contributed by atoms with van der Waals surface area (Å²) < 4.78 is 12.6. The van der Waals surface area contributed by atoms with Crippen LogP contribution in [-0.4, -0.2) is 27.6 Å². The highest BCUT2D eigenvalue weighted by atomic mass is 35.5. The van der Waals surface area contributed by atoms with E-state index in [1.165, 1.54) is 6.08 Å². The van der Waals surface area contributed by atoms with Gasteiger partial charge >= 0.3 is 5.97 Å². The van der Waals surface area contributed by atoms with Gasteiger partial charge in [0.1, 0.15) is 0 Å². The van der Waals surface area contributed by atoms with E-state index in [1.807, 2.05) is 36.4 Å². The van der Waals surface area contributed by atoms with Crippen LogP contribution in [0, 0.1) is 0 Å². The molecule has 0 spiro atoms. The van der Waals surface area contributed by atoms with E-state index in [0.29, 0.717) is 32.8 Å². The zero-order valence-corrected chi connectivity index (χ0v) is 18.5. The minimum absolute atomic E-state index is 0.0792. The largest absolute Gasteiger partial charge is 0.478 e. The van der Waals surface area contributed by atoms with E-state index < -0.39 is 5.97 Å². The average molecular weight is 479 g/mol. The molecule has 0 atom stereocenters. The Morgan fingerprint density at radius 3 is 2.48 bits per heavy atom. The van der Waals surface area contributed by atoms with E-state index in [9.17, 15) is 9.90 Å². The van der Waals surface area contributed by atoms with Gasteiger partial charge in [-0.1, -0.05) is 47.5 Å². The third kappa shape index (κ3) is 4.31. The Kier molecular flexibility index (Phi) is 5.54. The van der Waals surface area contributed by atoms with Crippen molar-refractivity contribution in [2.24, 2.45) is 0 Å². The Labute approximate surface area is 199 Å². The molecule has 0 bridgehead atoms. The van der Waals surface area contributed by atoms with Crippen molar-refractivity contribution in [1.82, 2.24) is 9.78 Å². The summed E-state index contributed by atoms with van der Waals surface area (Å²) in [4.78, 5) is 12.0. The van der Waals surface area contributed by atoms with Gasteiger partial charge in [-0.3, -0.25) is 0 Å². The fourth-order valence-electron chi connectivity index (χ4n) is 3.58. The number of nitrogens with zero attached hydrogens (tertiary/aromatic N) is 2. The van der Waals surface area contributed by atoms with Gasteiger partial charge in [0, 0.05) is 21.7 Å². The molecular weight excluding hydrogens is 463 g/mol. The molecule has 0 radical (unpaired) electrons. The Hall–Kier alpha value is -3.74. The highest BCUT2D eigenvalue weighted by Crippen LogP contribution is 2.35. The van der Waals surface area contributed by atoms with Gasteiger partial charge in [-0.15, -0.1) is 0 Å². The predicted molar refractivity (Wildman–Crippen MR) is 127 cm³/mol. The van der Waals surface area contributed by atoms with Crippen molar-refractivity contribution < 1.29 is 19.4 Å². The van der Waals surface area contributed by atoms with E-state index in [2.05, 4.69) is 5.10 Å². The Morgan fingerprint density at radius 1 is 0.939 bits per heavy atom. The Morgan fingerprint density at radius 2 is 1.73 bits per heavy atom. The van der Waals surface area contributed by atoms with Gasteiger partial charge in [0.15, 0.2) is 11.5 Å². The lowest BCUT2D eigenvalue weighted by molar-refractivity contribution is -0.130. The predicted octanol–water partition coefficient (Wildman–Crippen LogP) is 6.20. The normalized spacial score (nSPS) is 12.7. The van der Waals surface area contributed by atoms with Gasteiger partial charge in [-0.05, 0) is 54.1 Å². The molecule has 8 heteroatoms. The lowest BCUT2D eigenvalue weighted by Crippen LogP contribution is -2.01. The van der Waals surface area contributed by atoms with Gasteiger partial charge in [-0.2, -0.15) is 5.10 Å². The molecule has 0 aliphatic carbocycles. The number of halogens is 2. The topological polar surface area (TPSA) is 73.6 Å². The number of hydrogen-bond donors (Lipinski definition) is 1. The number of aromatic nitrogens is 2. The van der Waals surface area contributed by atoms with Crippen LogP contribution in [0.25, 0.3) is 28.6 Å². The second-order valence-corrected chi connectivity index (χ2v) is 8.16. The number of benzene rings is 3. The summed E-state index contributed by atoms with van der Waals surface area (Å²) in [7, 11) is 0. The highest BCUT2D eigenvalue weighted by molar-refractivity contribution is 6.31. The zero-order chi connectivity index (χ0) is 22.9. The number of hydrogen-bond acceptors (Lipinski definition) is 4. The summed E-state index contributed by atoms with van der Waals surface area (Å²) in [6, 6.07) is 21.4. The van der Waals surface area contributed by atoms with Crippen molar-refractivity contribution in [2.75, 3.05) is 6.79 Å². The maximum atomic E-state index is 12.0. The molecule has 1 N–H and O–H groups in total. The summed E-state index contributed by atoms with van der Waals surface area (Å²) >= 11 is 12.1. The lowest BCUT2D eigenvalue weighted by atomic mass is 10.0. The molecule has 4 aromatic rings. The van der Waals surface area contributed by atoms with Gasteiger partial charge in [0.25, 0.3) is 0 Å². The first-order valence-electron chi connectivity index (χ1n) is 9.95. The molecule has 33 heavy (non-hydrogen) atoms. The third-order valence-corrected chi connectivity index (χ3v) is 5.61. The second-order valence-electron chi connectivity index (χ2n) is 7.28. The minimum atomic E-state index is -1.08. The SMILES string of the molecule is O=C(O)/C(=C\c1cc(-c2ccc(Cl)cc2)n(-c2ccc3c(c2)OCO3)n1)c1cccc(Cl)c1. The number of carboxylic acid groups (broad SMARTS) is 1. The minimum Gasteiger partial charge on any atom is -0.478 e. The van der Waals surface area contributed by atoms with Crippen molar-refractivity contribution in [3.8, 4) is 28.4 Å². The number of fused-ring (bicyclic) bond motifs is 1. The molecule has 1 aromatic heterocycles. The standard InChI is InChI=1S/C25H16Cl2N2O4/c26-17-6-4-15(5-7-17)22-12-19(11-21(25(30)31)16-2-1-3-18(27)10-16)28-29(22)20-8-9-23-24(13-20)33-14-32-23/h1-13H,14H2,(H,30,31)/b21-11-. The van der Waals surface area contributed by atoms with E-state index in [4.69, 9.17) is 32.7 Å². The molecule has 0 saturated carbocycles. The average Bonchev–Trinajstić information content (AvgIpc) is 3.44. The maximum absolute atomic E-state index is 12.0. The summed E-state index contributed by atoms with van der Waals surface area (Å²) in [5.74, 6) is 0.198. The van der Waals surface area contributed by atoms with Crippen molar-refractivity contribution in [3.05, 3.63) is 94.1 Å². The van der Waals surface area contributed by atoms with Crippen LogP contribution in [0.1, 0.15) is 11.3 Å². The van der Waals surface area contributed by atoms with Crippen LogP contribution in [-0.2, 0) is 4.79 Å². The van der Waals surface area contributed by atoms with Crippen LogP contribution in [0.3, 0.4) is 0 Å². The first-order chi connectivity index (χ1) is 16.0. The first kappa shape index (κ1) is 21.1. The van der Waals surface area contributed by atoms with Crippen molar-refractivity contribution in [2.45, 2.75) is 0 Å². The number of rotatable bonds is 5. The van der Waals surface area contributed by atoms with Crippen LogP contribution in [0.4, 0.5) is 0 Å². The highest BCUT2D eigenvalue weighted by Gasteiger charge is 2.18. The molecule has 5 rings (SSSR count). The number of aliphatic carboxylic acids is 1. The van der Waals surface area contributed by atoms with E-state index in [-0.39, 0.29) is 12.4 Å². The molecule has 0 amide bonds. The van der Waals surface area contributed by atoms with Crippen LogP contribution in [0.5, 0.6) is 11.5 Å². The molecule has 0 unspecified atom stereocenters. The lowest BCUT2D eigenvalue weighted by Gasteiger charge is -2.08. The quantitative estimate of drug-likeness (QED) is 0.345. The molecular formula is C25H16Cl2N2O4. The summed E-state index contributed by atoms with van der Waals surface area (Å²) in [5, 5.41) is 15.6. The molecule has 1 aliphatic rings. The number of carbonyl (C=O) groups is 1. The fourth-order valence-corrected chi connectivity index (χ4v) is 3.90. The smallest absolute Gasteiger partial charge is 0.336 e. The number of ether oxygens (including phenoxy) is 2. The Bertz CT molecular complexity index is 1390. The summed E-state index contributed by atoms with van der Waals surface area (Å²) in [6.45, 7) is 0.164. The first-order valence-corrected chi connectivity index (χ1v) is 10.7. The van der Waals surface area contributed by atoms with Gasteiger partial charge in [0.2, 0.25) is 6.79 Å². The number of carboxylic acids is 1. The molecule has 0 fully saturated rings. The van der Waals surface area contributed by atoms with Gasteiger partial charge in [-0.25, -0.2) is 9.48 Å². The van der Waals surface area contributed by atoms with Crippen LogP contribution in [0.15, 0.2) is 72.8 Å². The van der Waals surface area contributed by atoms with Gasteiger partial charge in [0.05, 0.1) is 22.6 Å². The van der Waals surface area contributed by atoms with Crippen molar-refractivity contribution in [3.63, 3.8) is 0 Å². The molecule has 1 aliphatic heterocycles. The van der Waals surface area contributed by atoms with Crippen LogP contribution in [0.2, 0.25) is 10.0 Å². The third-order valence-electron chi connectivity index (χ3n) is 5.13. The van der Waals surface area contributed by atoms with E-state index in [0.717, 1.165) is 16.9 Å². The van der Waals surface area contributed by atoms with Gasteiger partial charge < -0.3 is 14.6 Å². The molecule has 6 nitrogen and oxygen atoms in total.